The zero-order valence-electron chi connectivity index (χ0n) is 11.2. The van der Waals surface area contributed by atoms with E-state index in [1.54, 1.807) is 20.8 Å². The van der Waals surface area contributed by atoms with Gasteiger partial charge >= 0.3 is 12.1 Å². The number of carboxylic acid groups (broad SMARTS) is 1. The van der Waals surface area contributed by atoms with Gasteiger partial charge in [0.2, 0.25) is 0 Å². The predicted octanol–water partition coefficient (Wildman–Crippen LogP) is 2.90. The number of rotatable bonds is 2. The third-order valence-corrected chi connectivity index (χ3v) is 2.22. The highest BCUT2D eigenvalue weighted by Gasteiger charge is 2.24. The lowest BCUT2D eigenvalue weighted by Gasteiger charge is -2.25. The molecule has 104 valence electrons. The number of carboxylic acids is 1. The summed E-state index contributed by atoms with van der Waals surface area (Å²) in [6.45, 7) is 5.09. The van der Waals surface area contributed by atoms with Crippen molar-refractivity contribution in [3.63, 3.8) is 0 Å². The number of nitrogens with zero attached hydrogens (tertiary/aromatic N) is 1. The monoisotopic (exact) mass is 269 g/mol. The summed E-state index contributed by atoms with van der Waals surface area (Å²) in [4.78, 5) is 23.9. The summed E-state index contributed by atoms with van der Waals surface area (Å²) in [5, 5.41) is 9.01. The molecule has 5 nitrogen and oxygen atoms in total. The summed E-state index contributed by atoms with van der Waals surface area (Å²) in [6, 6.07) is 3.17. The molecule has 0 aliphatic carbocycles. The lowest BCUT2D eigenvalue weighted by atomic mass is 10.1. The average molecular weight is 269 g/mol. The highest BCUT2D eigenvalue weighted by molar-refractivity contribution is 5.99. The SMILES string of the molecule is CN(C(=O)OC(C)(C)C)c1ccc(F)cc1C(=O)O. The topological polar surface area (TPSA) is 66.8 Å². The quantitative estimate of drug-likeness (QED) is 0.896. The number of amides is 1. The predicted molar refractivity (Wildman–Crippen MR) is 68.0 cm³/mol. The van der Waals surface area contributed by atoms with Crippen molar-refractivity contribution >= 4 is 17.7 Å². The second-order valence-corrected chi connectivity index (χ2v) is 5.01. The zero-order chi connectivity index (χ0) is 14.8. The van der Waals surface area contributed by atoms with E-state index in [0.29, 0.717) is 0 Å². The van der Waals surface area contributed by atoms with Gasteiger partial charge in [-0.1, -0.05) is 0 Å². The molecule has 0 fully saturated rings. The van der Waals surface area contributed by atoms with E-state index in [9.17, 15) is 14.0 Å². The Hall–Kier alpha value is -2.11. The Kier molecular flexibility index (Phi) is 4.14. The van der Waals surface area contributed by atoms with Gasteiger partial charge in [0.1, 0.15) is 11.4 Å². The van der Waals surface area contributed by atoms with Crippen molar-refractivity contribution in [2.75, 3.05) is 11.9 Å². The zero-order valence-corrected chi connectivity index (χ0v) is 11.2. The second-order valence-electron chi connectivity index (χ2n) is 5.01. The molecule has 0 saturated carbocycles. The van der Waals surface area contributed by atoms with Crippen molar-refractivity contribution in [3.05, 3.63) is 29.6 Å². The normalized spacial score (nSPS) is 11.0. The van der Waals surface area contributed by atoms with Crippen LogP contribution in [0.1, 0.15) is 31.1 Å². The van der Waals surface area contributed by atoms with Crippen molar-refractivity contribution in [1.82, 2.24) is 0 Å². The van der Waals surface area contributed by atoms with Gasteiger partial charge in [-0.15, -0.1) is 0 Å². The molecule has 1 aromatic carbocycles. The molecule has 0 aliphatic heterocycles. The van der Waals surface area contributed by atoms with Crippen LogP contribution >= 0.6 is 0 Å². The summed E-state index contributed by atoms with van der Waals surface area (Å²) >= 11 is 0. The maximum Gasteiger partial charge on any atom is 0.414 e. The molecular formula is C13H16FNO4. The molecule has 0 saturated heterocycles. The first-order valence-corrected chi connectivity index (χ1v) is 5.61. The van der Waals surface area contributed by atoms with Gasteiger partial charge in [-0.3, -0.25) is 4.90 Å². The molecule has 0 radical (unpaired) electrons. The highest BCUT2D eigenvalue weighted by atomic mass is 19.1. The number of carbonyl (C=O) groups is 2. The number of anilines is 1. The number of hydrogen-bond donors (Lipinski definition) is 1. The van der Waals surface area contributed by atoms with E-state index in [1.165, 1.54) is 13.1 Å². The van der Waals surface area contributed by atoms with Gasteiger partial charge in [-0.2, -0.15) is 0 Å². The molecule has 0 aliphatic rings. The van der Waals surface area contributed by atoms with E-state index >= 15 is 0 Å². The van der Waals surface area contributed by atoms with Crippen LogP contribution in [0.3, 0.4) is 0 Å². The molecule has 0 aromatic heterocycles. The summed E-state index contributed by atoms with van der Waals surface area (Å²) in [5.74, 6) is -2.00. The molecule has 0 spiro atoms. The molecular weight excluding hydrogens is 253 g/mol. The van der Waals surface area contributed by atoms with E-state index in [4.69, 9.17) is 9.84 Å². The largest absolute Gasteiger partial charge is 0.478 e. The van der Waals surface area contributed by atoms with E-state index in [0.717, 1.165) is 17.0 Å². The van der Waals surface area contributed by atoms with Crippen molar-refractivity contribution in [3.8, 4) is 0 Å². The maximum atomic E-state index is 13.0. The molecule has 1 amide bonds. The molecule has 0 atom stereocenters. The summed E-state index contributed by atoms with van der Waals surface area (Å²) in [5.41, 5.74) is -0.925. The Bertz CT molecular complexity index is 508. The van der Waals surface area contributed by atoms with Gasteiger partial charge in [0, 0.05) is 7.05 Å². The van der Waals surface area contributed by atoms with Crippen LogP contribution in [0.25, 0.3) is 0 Å². The fourth-order valence-electron chi connectivity index (χ4n) is 1.40. The van der Waals surface area contributed by atoms with Crippen LogP contribution in [0.15, 0.2) is 18.2 Å². The molecule has 1 aromatic rings. The van der Waals surface area contributed by atoms with Gasteiger partial charge < -0.3 is 9.84 Å². The smallest absolute Gasteiger partial charge is 0.414 e. The van der Waals surface area contributed by atoms with Crippen molar-refractivity contribution in [1.29, 1.82) is 0 Å². The molecule has 0 bridgehead atoms. The number of benzene rings is 1. The van der Waals surface area contributed by atoms with Gasteiger partial charge in [-0.05, 0) is 39.0 Å². The van der Waals surface area contributed by atoms with Gasteiger partial charge in [0.25, 0.3) is 0 Å². The van der Waals surface area contributed by atoms with Gasteiger partial charge in [0.15, 0.2) is 0 Å². The third-order valence-electron chi connectivity index (χ3n) is 2.22. The van der Waals surface area contributed by atoms with Crippen LogP contribution in [-0.4, -0.2) is 29.8 Å². The minimum atomic E-state index is -1.31. The molecule has 0 heterocycles. The van der Waals surface area contributed by atoms with Crippen LogP contribution in [0.2, 0.25) is 0 Å². The van der Waals surface area contributed by atoms with E-state index < -0.39 is 23.5 Å². The number of ether oxygens (including phenoxy) is 1. The van der Waals surface area contributed by atoms with E-state index in [1.807, 2.05) is 0 Å². The van der Waals surface area contributed by atoms with Crippen LogP contribution in [0.5, 0.6) is 0 Å². The Labute approximate surface area is 110 Å². The van der Waals surface area contributed by atoms with Crippen molar-refractivity contribution in [2.45, 2.75) is 26.4 Å². The first-order chi connectivity index (χ1) is 8.61. The third kappa shape index (κ3) is 3.94. The molecule has 6 heteroatoms. The lowest BCUT2D eigenvalue weighted by molar-refractivity contribution is 0.0589. The summed E-state index contributed by atoms with van der Waals surface area (Å²) in [7, 11) is 1.37. The maximum absolute atomic E-state index is 13.0. The van der Waals surface area contributed by atoms with Crippen molar-refractivity contribution < 1.29 is 23.8 Å². The Morgan fingerprint density at radius 2 is 1.89 bits per heavy atom. The van der Waals surface area contributed by atoms with Crippen molar-refractivity contribution in [2.24, 2.45) is 0 Å². The first kappa shape index (κ1) is 14.9. The van der Waals surface area contributed by atoms with E-state index in [2.05, 4.69) is 0 Å². The minimum absolute atomic E-state index is 0.0724. The second kappa shape index (κ2) is 5.26. The molecule has 19 heavy (non-hydrogen) atoms. The molecule has 1 N–H and O–H groups in total. The Balaban J connectivity index is 3.09. The fourth-order valence-corrected chi connectivity index (χ4v) is 1.40. The Morgan fingerprint density at radius 3 is 2.37 bits per heavy atom. The van der Waals surface area contributed by atoms with Crippen LogP contribution in [0.4, 0.5) is 14.9 Å². The number of aromatic carboxylic acids is 1. The van der Waals surface area contributed by atoms with Crippen LogP contribution in [0, 0.1) is 5.82 Å². The highest BCUT2D eigenvalue weighted by Crippen LogP contribution is 2.22. The fraction of sp³-hybridized carbons (Fsp3) is 0.385. The van der Waals surface area contributed by atoms with E-state index in [-0.39, 0.29) is 11.3 Å². The summed E-state index contributed by atoms with van der Waals surface area (Å²) < 4.78 is 18.2. The average Bonchev–Trinajstić information content (AvgIpc) is 2.25. The molecule has 1 rings (SSSR count). The number of carbonyl (C=O) groups excluding carboxylic acids is 1. The van der Waals surface area contributed by atoms with Crippen LogP contribution in [-0.2, 0) is 4.74 Å². The standard InChI is InChI=1S/C13H16FNO4/c1-13(2,3)19-12(18)15(4)10-6-5-8(14)7-9(10)11(16)17/h5-7H,1-4H3,(H,16,17). The number of hydrogen-bond acceptors (Lipinski definition) is 3. The van der Waals surface area contributed by atoms with Gasteiger partial charge in [0.05, 0.1) is 11.3 Å². The minimum Gasteiger partial charge on any atom is -0.478 e. The number of halogens is 1. The van der Waals surface area contributed by atoms with Crippen LogP contribution < -0.4 is 4.90 Å². The lowest BCUT2D eigenvalue weighted by Crippen LogP contribution is -2.35. The molecule has 0 unspecified atom stereocenters. The first-order valence-electron chi connectivity index (χ1n) is 5.61. The van der Waals surface area contributed by atoms with Gasteiger partial charge in [-0.25, -0.2) is 14.0 Å². The summed E-state index contributed by atoms with van der Waals surface area (Å²) in [6.07, 6.45) is -0.707. The Morgan fingerprint density at radius 1 is 1.32 bits per heavy atom.